The second-order valence-electron chi connectivity index (χ2n) is 11.0. The number of fused-ring (bicyclic) bond motifs is 1. The molecule has 4 atom stereocenters. The van der Waals surface area contributed by atoms with Crippen molar-refractivity contribution >= 4 is 28.7 Å². The fraction of sp³-hybridized carbons (Fsp3) is 0.538. The van der Waals surface area contributed by atoms with Gasteiger partial charge in [-0.25, -0.2) is 19.7 Å². The van der Waals surface area contributed by atoms with Gasteiger partial charge in [0.25, 0.3) is 0 Å². The van der Waals surface area contributed by atoms with E-state index in [1.165, 1.54) is 11.9 Å². The summed E-state index contributed by atoms with van der Waals surface area (Å²) in [4.78, 5) is 26.9. The molecule has 1 fully saturated rings. The van der Waals surface area contributed by atoms with Crippen LogP contribution in [0.1, 0.15) is 45.2 Å². The number of carbonyl (C=O) groups excluding carboxylic acids is 1. The number of aliphatic hydroxyl groups is 2. The van der Waals surface area contributed by atoms with Gasteiger partial charge in [0.2, 0.25) is 0 Å². The summed E-state index contributed by atoms with van der Waals surface area (Å²) in [5.41, 5.74) is 8.95. The van der Waals surface area contributed by atoms with E-state index < -0.39 is 12.2 Å². The van der Waals surface area contributed by atoms with Gasteiger partial charge in [-0.2, -0.15) is 0 Å². The van der Waals surface area contributed by atoms with Crippen LogP contribution < -0.4 is 16.4 Å². The number of rotatable bonds is 8. The van der Waals surface area contributed by atoms with Gasteiger partial charge in [0, 0.05) is 24.7 Å². The minimum absolute atomic E-state index is 0.0672. The molecule has 200 valence electrons. The van der Waals surface area contributed by atoms with Crippen LogP contribution in [0.2, 0.25) is 0 Å². The van der Waals surface area contributed by atoms with E-state index in [4.69, 9.17) is 5.73 Å². The molecule has 2 heterocycles. The lowest BCUT2D eigenvalue weighted by Gasteiger charge is -2.23. The van der Waals surface area contributed by atoms with Crippen molar-refractivity contribution in [1.29, 1.82) is 0 Å². The summed E-state index contributed by atoms with van der Waals surface area (Å²) in [6.45, 7) is 8.34. The SMILES string of the molecule is CN(CCCNC(=O)Nc1ccc(C(C)(C)C)cc1)C[C@@H]1C[C@@H](n2cnc3c(N)ncnc32)[C@H](O)[C@@H]1O. The number of carbonyl (C=O) groups is 1. The Morgan fingerprint density at radius 1 is 1.16 bits per heavy atom. The van der Waals surface area contributed by atoms with Crippen LogP contribution in [-0.2, 0) is 5.41 Å². The summed E-state index contributed by atoms with van der Waals surface area (Å²) in [6, 6.07) is 7.30. The van der Waals surface area contributed by atoms with Crippen LogP contribution in [0, 0.1) is 5.92 Å². The lowest BCUT2D eigenvalue weighted by Crippen LogP contribution is -2.36. The van der Waals surface area contributed by atoms with Crippen LogP contribution in [0.4, 0.5) is 16.3 Å². The monoisotopic (exact) mass is 510 g/mol. The van der Waals surface area contributed by atoms with E-state index >= 15 is 0 Å². The van der Waals surface area contributed by atoms with Crippen molar-refractivity contribution in [2.24, 2.45) is 5.92 Å². The first-order chi connectivity index (χ1) is 17.5. The van der Waals surface area contributed by atoms with Gasteiger partial charge in [-0.3, -0.25) is 0 Å². The maximum Gasteiger partial charge on any atom is 0.319 e. The Kier molecular flexibility index (Phi) is 7.96. The summed E-state index contributed by atoms with van der Waals surface area (Å²) < 4.78 is 1.78. The fourth-order valence-electron chi connectivity index (χ4n) is 4.94. The largest absolute Gasteiger partial charge is 0.390 e. The highest BCUT2D eigenvalue weighted by Crippen LogP contribution is 2.37. The predicted molar refractivity (Wildman–Crippen MR) is 143 cm³/mol. The van der Waals surface area contributed by atoms with E-state index in [1.54, 1.807) is 10.9 Å². The van der Waals surface area contributed by atoms with Gasteiger partial charge in [-0.15, -0.1) is 0 Å². The van der Waals surface area contributed by atoms with Gasteiger partial charge in [-0.05, 0) is 49.5 Å². The maximum absolute atomic E-state index is 12.2. The molecule has 2 aromatic heterocycles. The van der Waals surface area contributed by atoms with Crippen LogP contribution in [0.15, 0.2) is 36.9 Å². The molecule has 0 radical (unpaired) electrons. The van der Waals surface area contributed by atoms with Crippen molar-refractivity contribution in [2.75, 3.05) is 37.7 Å². The summed E-state index contributed by atoms with van der Waals surface area (Å²) in [6.07, 6.45) is 2.50. The second-order valence-corrected chi connectivity index (χ2v) is 11.0. The molecule has 3 aromatic rings. The Bertz CT molecular complexity index is 1210. The number of imidazole rings is 1. The summed E-state index contributed by atoms with van der Waals surface area (Å²) >= 11 is 0. The van der Waals surface area contributed by atoms with Crippen molar-refractivity contribution in [3.05, 3.63) is 42.5 Å². The number of aliphatic hydroxyl groups excluding tert-OH is 2. The smallest absolute Gasteiger partial charge is 0.319 e. The van der Waals surface area contributed by atoms with Crippen LogP contribution in [0.3, 0.4) is 0 Å². The first-order valence-electron chi connectivity index (χ1n) is 12.7. The van der Waals surface area contributed by atoms with Gasteiger partial charge in [0.15, 0.2) is 11.5 Å². The molecule has 1 aromatic carbocycles. The molecule has 0 spiro atoms. The highest BCUT2D eigenvalue weighted by atomic mass is 16.3. The molecule has 2 amide bonds. The Morgan fingerprint density at radius 3 is 2.59 bits per heavy atom. The molecular weight excluding hydrogens is 472 g/mol. The predicted octanol–water partition coefficient (Wildman–Crippen LogP) is 2.13. The minimum Gasteiger partial charge on any atom is -0.390 e. The molecule has 0 bridgehead atoms. The quantitative estimate of drug-likeness (QED) is 0.289. The first kappa shape index (κ1) is 26.8. The third-order valence-corrected chi connectivity index (χ3v) is 7.07. The standard InChI is InChI=1S/C26H38N8O3/c1-26(2,3)17-6-8-18(9-7-17)32-25(37)28-10-5-11-33(4)13-16-12-19(22(36)21(16)35)34-15-31-20-23(27)29-14-30-24(20)34/h6-9,14-16,19,21-22,35-36H,5,10-13H2,1-4H3,(H2,27,29,30)(H2,28,32,37)/t16-,19+,21+,22-/m0/s1. The van der Waals surface area contributed by atoms with Gasteiger partial charge in [0.05, 0.1) is 18.5 Å². The van der Waals surface area contributed by atoms with E-state index in [0.29, 0.717) is 30.7 Å². The minimum atomic E-state index is -0.935. The zero-order chi connectivity index (χ0) is 26.7. The highest BCUT2D eigenvalue weighted by molar-refractivity contribution is 5.89. The van der Waals surface area contributed by atoms with Gasteiger partial charge < -0.3 is 36.0 Å². The van der Waals surface area contributed by atoms with Gasteiger partial charge in [-0.1, -0.05) is 32.9 Å². The van der Waals surface area contributed by atoms with Crippen molar-refractivity contribution in [2.45, 2.75) is 57.3 Å². The number of nitrogen functional groups attached to an aromatic ring is 1. The first-order valence-corrected chi connectivity index (χ1v) is 12.7. The maximum atomic E-state index is 12.2. The molecule has 11 nitrogen and oxygen atoms in total. The van der Waals surface area contributed by atoms with Crippen LogP contribution in [0.5, 0.6) is 0 Å². The van der Waals surface area contributed by atoms with Crippen molar-refractivity contribution in [1.82, 2.24) is 29.7 Å². The average Bonchev–Trinajstić information content (AvgIpc) is 3.39. The Balaban J connectivity index is 1.21. The second kappa shape index (κ2) is 11.0. The third-order valence-electron chi connectivity index (χ3n) is 7.07. The van der Waals surface area contributed by atoms with Crippen molar-refractivity contribution in [3.63, 3.8) is 0 Å². The molecule has 0 unspecified atom stereocenters. The Hall–Kier alpha value is -3.28. The molecule has 0 aliphatic heterocycles. The summed E-state index contributed by atoms with van der Waals surface area (Å²) in [5, 5.41) is 27.2. The topological polar surface area (TPSA) is 154 Å². The van der Waals surface area contributed by atoms with Crippen LogP contribution >= 0.6 is 0 Å². The fourth-order valence-corrected chi connectivity index (χ4v) is 4.94. The van der Waals surface area contributed by atoms with E-state index in [-0.39, 0.29) is 29.2 Å². The van der Waals surface area contributed by atoms with E-state index in [2.05, 4.69) is 51.3 Å². The van der Waals surface area contributed by atoms with Gasteiger partial charge in [0.1, 0.15) is 17.9 Å². The molecule has 1 saturated carbocycles. The van der Waals surface area contributed by atoms with Crippen LogP contribution in [0.25, 0.3) is 11.2 Å². The number of urea groups is 1. The Labute approximate surface area is 217 Å². The molecule has 37 heavy (non-hydrogen) atoms. The molecule has 11 heteroatoms. The molecule has 1 aliphatic rings. The van der Waals surface area contributed by atoms with Crippen molar-refractivity contribution < 1.29 is 15.0 Å². The van der Waals surface area contributed by atoms with E-state index in [0.717, 1.165) is 18.7 Å². The summed E-state index contributed by atoms with van der Waals surface area (Å²) in [7, 11) is 1.98. The molecule has 0 saturated heterocycles. The number of nitrogens with zero attached hydrogens (tertiary/aromatic N) is 5. The number of hydrogen-bond donors (Lipinski definition) is 5. The number of aromatic nitrogens is 4. The number of hydrogen-bond acceptors (Lipinski definition) is 8. The normalized spacial score (nSPS) is 22.0. The molecule has 6 N–H and O–H groups in total. The molecule has 4 rings (SSSR count). The molecule has 1 aliphatic carbocycles. The number of benzene rings is 1. The van der Waals surface area contributed by atoms with Gasteiger partial charge >= 0.3 is 6.03 Å². The average molecular weight is 511 g/mol. The van der Waals surface area contributed by atoms with Crippen molar-refractivity contribution in [3.8, 4) is 0 Å². The molecular formula is C26H38N8O3. The zero-order valence-electron chi connectivity index (χ0n) is 21.9. The Morgan fingerprint density at radius 2 is 1.89 bits per heavy atom. The number of amides is 2. The third kappa shape index (κ3) is 6.17. The zero-order valence-corrected chi connectivity index (χ0v) is 21.9. The lowest BCUT2D eigenvalue weighted by atomic mass is 9.87. The number of anilines is 2. The summed E-state index contributed by atoms with van der Waals surface area (Å²) in [5.74, 6) is 0.169. The van der Waals surface area contributed by atoms with Crippen LogP contribution in [-0.4, -0.2) is 79.6 Å². The number of nitrogens with two attached hydrogens (primary N) is 1. The van der Waals surface area contributed by atoms with E-state index in [9.17, 15) is 15.0 Å². The highest BCUT2D eigenvalue weighted by Gasteiger charge is 2.43. The lowest BCUT2D eigenvalue weighted by molar-refractivity contribution is 0.00164. The number of nitrogens with one attached hydrogen (secondary N) is 2. The van der Waals surface area contributed by atoms with E-state index in [1.807, 2.05) is 31.3 Å².